The van der Waals surface area contributed by atoms with E-state index >= 15 is 0 Å². The highest BCUT2D eigenvalue weighted by Crippen LogP contribution is 2.20. The summed E-state index contributed by atoms with van der Waals surface area (Å²) in [7, 11) is 8.02. The number of pyridine rings is 2. The maximum absolute atomic E-state index is 12.4. The van der Waals surface area contributed by atoms with Gasteiger partial charge in [-0.15, -0.1) is 0 Å². The Morgan fingerprint density at radius 1 is 0.773 bits per heavy atom. The van der Waals surface area contributed by atoms with Gasteiger partial charge in [-0.3, -0.25) is 9.59 Å². The van der Waals surface area contributed by atoms with Gasteiger partial charge in [0.1, 0.15) is 12.1 Å². The normalized spacial score (nSPS) is 12.8. The fourth-order valence-corrected chi connectivity index (χ4v) is 4.86. The van der Waals surface area contributed by atoms with Gasteiger partial charge in [-0.2, -0.15) is 0 Å². The first-order chi connectivity index (χ1) is 20.5. The van der Waals surface area contributed by atoms with Gasteiger partial charge in [-0.05, 0) is 109 Å². The summed E-state index contributed by atoms with van der Waals surface area (Å²) in [5.41, 5.74) is 3.63. The molecule has 248 valence electrons. The topological polar surface area (TPSA) is 114 Å². The van der Waals surface area contributed by atoms with E-state index in [-0.39, 0.29) is 23.0 Å². The number of aliphatic carboxylic acids is 1. The third-order valence-electron chi connectivity index (χ3n) is 7.35. The van der Waals surface area contributed by atoms with Crippen LogP contribution in [-0.4, -0.2) is 83.9 Å². The van der Waals surface area contributed by atoms with Crippen molar-refractivity contribution in [1.29, 1.82) is 0 Å². The second-order valence-corrected chi connectivity index (χ2v) is 12.9. The third kappa shape index (κ3) is 12.8. The predicted molar refractivity (Wildman–Crippen MR) is 177 cm³/mol. The molecule has 2 aromatic heterocycles. The van der Waals surface area contributed by atoms with Crippen molar-refractivity contribution >= 4 is 11.9 Å². The Balaban J connectivity index is 0.000000442. The van der Waals surface area contributed by atoms with E-state index in [1.54, 1.807) is 29.8 Å². The number of rotatable bonds is 15. The number of esters is 1. The number of carboxylic acid groups (broad SMARTS) is 1. The molecule has 44 heavy (non-hydrogen) atoms. The average Bonchev–Trinajstić information content (AvgIpc) is 2.90. The van der Waals surface area contributed by atoms with Crippen LogP contribution in [0.25, 0.3) is 0 Å². The maximum Gasteiger partial charge on any atom is 0.329 e. The van der Waals surface area contributed by atoms with Gasteiger partial charge in [-0.1, -0.05) is 27.7 Å². The molecular weight excluding hydrogens is 560 g/mol. The molecule has 0 fully saturated rings. The van der Waals surface area contributed by atoms with Crippen LogP contribution in [0.15, 0.2) is 34.1 Å². The van der Waals surface area contributed by atoms with E-state index in [0.29, 0.717) is 25.4 Å². The molecule has 10 nitrogen and oxygen atoms in total. The fraction of sp³-hybridized carbons (Fsp3) is 0.647. The van der Waals surface area contributed by atoms with Crippen LogP contribution < -0.4 is 11.1 Å². The molecule has 0 aromatic carbocycles. The van der Waals surface area contributed by atoms with E-state index in [2.05, 4.69) is 9.80 Å². The highest BCUT2D eigenvalue weighted by atomic mass is 16.5. The number of aryl methyl sites for hydroxylation is 2. The smallest absolute Gasteiger partial charge is 0.329 e. The van der Waals surface area contributed by atoms with Gasteiger partial charge < -0.3 is 28.8 Å². The van der Waals surface area contributed by atoms with Gasteiger partial charge in [0.05, 0.1) is 6.61 Å². The molecular formula is C34H56N4O6. The van der Waals surface area contributed by atoms with Crippen LogP contribution >= 0.6 is 0 Å². The Hall–Kier alpha value is -3.24. The number of carboxylic acids is 1. The molecule has 0 aliphatic carbocycles. The number of hydrogen-bond donors (Lipinski definition) is 1. The van der Waals surface area contributed by atoms with E-state index in [0.717, 1.165) is 48.2 Å². The largest absolute Gasteiger partial charge is 0.480 e. The summed E-state index contributed by atoms with van der Waals surface area (Å²) in [6.45, 7) is 15.7. The summed E-state index contributed by atoms with van der Waals surface area (Å²) < 4.78 is 8.10. The summed E-state index contributed by atoms with van der Waals surface area (Å²) in [6, 6.07) is 1.82. The molecule has 10 heteroatoms. The number of aromatic nitrogens is 2. The summed E-state index contributed by atoms with van der Waals surface area (Å²) in [4.78, 5) is 52.5. The molecule has 0 aliphatic rings. The molecule has 0 saturated carbocycles. The highest BCUT2D eigenvalue weighted by molar-refractivity contribution is 5.74. The van der Waals surface area contributed by atoms with E-state index in [4.69, 9.17) is 4.74 Å². The molecule has 0 spiro atoms. The zero-order valence-corrected chi connectivity index (χ0v) is 28.8. The van der Waals surface area contributed by atoms with Gasteiger partial charge in [0.15, 0.2) is 0 Å². The first-order valence-corrected chi connectivity index (χ1v) is 15.6. The van der Waals surface area contributed by atoms with Crippen LogP contribution in [0.1, 0.15) is 81.8 Å². The second-order valence-electron chi connectivity index (χ2n) is 12.9. The van der Waals surface area contributed by atoms with Crippen LogP contribution in [0, 0.1) is 25.7 Å². The zero-order valence-electron chi connectivity index (χ0n) is 28.8. The lowest BCUT2D eigenvalue weighted by Gasteiger charge is -2.22. The first kappa shape index (κ1) is 38.8. The van der Waals surface area contributed by atoms with Crippen molar-refractivity contribution in [3.8, 4) is 0 Å². The Labute approximate surface area is 263 Å². The summed E-state index contributed by atoms with van der Waals surface area (Å²) in [5, 5.41) is 9.41. The van der Waals surface area contributed by atoms with Gasteiger partial charge >= 0.3 is 11.9 Å². The molecule has 2 aromatic rings. The number of nitrogens with zero attached hydrogens (tertiary/aromatic N) is 4. The molecule has 0 amide bonds. The molecule has 0 saturated heterocycles. The summed E-state index contributed by atoms with van der Waals surface area (Å²) in [6.07, 6.45) is 6.25. The van der Waals surface area contributed by atoms with Gasteiger partial charge in [0.25, 0.3) is 11.1 Å². The highest BCUT2D eigenvalue weighted by Gasteiger charge is 2.25. The van der Waals surface area contributed by atoms with Crippen molar-refractivity contribution in [1.82, 2.24) is 18.9 Å². The number of hydrogen-bond acceptors (Lipinski definition) is 7. The van der Waals surface area contributed by atoms with Crippen molar-refractivity contribution < 1.29 is 19.4 Å². The monoisotopic (exact) mass is 616 g/mol. The van der Waals surface area contributed by atoms with Crippen molar-refractivity contribution in [3.05, 3.63) is 67.5 Å². The lowest BCUT2D eigenvalue weighted by atomic mass is 10.0. The van der Waals surface area contributed by atoms with Gasteiger partial charge in [0, 0.05) is 37.6 Å². The van der Waals surface area contributed by atoms with Crippen LogP contribution in [0.4, 0.5) is 0 Å². The standard InChI is InChI=1S/C18H30N2O3.C16H26N2O3/c1-7-23-18(22)16(10-13(2)3)20-12-15(8-9-19(5)6)14(4)11-17(20)21;1-11(2)8-14(16(20)21)18-10-13(6-7-17(4)5)12(3)9-15(18)19/h11-13,16H,7-10H2,1-6H3;9-11,14H,6-8H2,1-5H3,(H,20,21). The minimum atomic E-state index is -0.951. The van der Waals surface area contributed by atoms with Crippen LogP contribution in [0.2, 0.25) is 0 Å². The van der Waals surface area contributed by atoms with Crippen LogP contribution in [0.5, 0.6) is 0 Å². The van der Waals surface area contributed by atoms with E-state index in [1.165, 1.54) is 4.57 Å². The minimum Gasteiger partial charge on any atom is -0.480 e. The number of carbonyl (C=O) groups excluding carboxylic acids is 1. The van der Waals surface area contributed by atoms with E-state index in [9.17, 15) is 24.3 Å². The second kappa shape index (κ2) is 18.5. The number of ether oxygens (including phenoxy) is 1. The third-order valence-corrected chi connectivity index (χ3v) is 7.35. The van der Waals surface area contributed by atoms with Gasteiger partial charge in [-0.25, -0.2) is 9.59 Å². The van der Waals surface area contributed by atoms with E-state index < -0.39 is 18.1 Å². The maximum atomic E-state index is 12.4. The fourth-order valence-electron chi connectivity index (χ4n) is 4.86. The summed E-state index contributed by atoms with van der Waals surface area (Å²) in [5.74, 6) is -0.772. The van der Waals surface area contributed by atoms with Crippen LogP contribution in [-0.2, 0) is 27.2 Å². The molecule has 2 atom stereocenters. The Morgan fingerprint density at radius 3 is 1.50 bits per heavy atom. The molecule has 2 heterocycles. The Morgan fingerprint density at radius 2 is 1.16 bits per heavy atom. The molecule has 0 radical (unpaired) electrons. The zero-order chi connectivity index (χ0) is 33.7. The van der Waals surface area contributed by atoms with Crippen molar-refractivity contribution in [2.24, 2.45) is 11.8 Å². The van der Waals surface area contributed by atoms with Gasteiger partial charge in [0.2, 0.25) is 0 Å². The van der Waals surface area contributed by atoms with E-state index in [1.807, 2.05) is 75.9 Å². The number of likely N-dealkylation sites (N-methyl/N-ethyl adjacent to an activating group) is 2. The molecule has 2 rings (SSSR count). The van der Waals surface area contributed by atoms with Crippen molar-refractivity contribution in [3.63, 3.8) is 0 Å². The molecule has 2 unspecified atom stereocenters. The Bertz CT molecular complexity index is 1330. The quantitative estimate of drug-likeness (QED) is 0.294. The van der Waals surface area contributed by atoms with Crippen molar-refractivity contribution in [2.45, 2.75) is 86.2 Å². The Kier molecular flexibility index (Phi) is 16.3. The molecule has 0 aliphatic heterocycles. The average molecular weight is 617 g/mol. The molecule has 1 N–H and O–H groups in total. The predicted octanol–water partition coefficient (Wildman–Crippen LogP) is 4.34. The minimum absolute atomic E-state index is 0.144. The molecule has 0 bridgehead atoms. The number of carbonyl (C=O) groups is 2. The van der Waals surface area contributed by atoms with Crippen LogP contribution in [0.3, 0.4) is 0 Å². The summed E-state index contributed by atoms with van der Waals surface area (Å²) >= 11 is 0. The lowest BCUT2D eigenvalue weighted by molar-refractivity contribution is -0.147. The lowest BCUT2D eigenvalue weighted by Crippen LogP contribution is -2.32. The van der Waals surface area contributed by atoms with Crippen molar-refractivity contribution in [2.75, 3.05) is 47.9 Å². The first-order valence-electron chi connectivity index (χ1n) is 15.6. The SMILES string of the molecule is CCOC(=O)C(CC(C)C)n1cc(CCN(C)C)c(C)cc1=O.Cc1cc(=O)n(C(CC(C)C)C(=O)O)cc1CCN(C)C.